The van der Waals surface area contributed by atoms with Crippen molar-refractivity contribution in [1.82, 2.24) is 0 Å². The van der Waals surface area contributed by atoms with Crippen LogP contribution >= 0.6 is 0 Å². The fourth-order valence-electron chi connectivity index (χ4n) is 4.69. The molecule has 3 rings (SSSR count). The third kappa shape index (κ3) is 3.25. The zero-order chi connectivity index (χ0) is 18.8. The van der Waals surface area contributed by atoms with Gasteiger partial charge in [0.2, 0.25) is 0 Å². The van der Waals surface area contributed by atoms with Crippen LogP contribution in [0.4, 0.5) is 0 Å². The predicted molar refractivity (Wildman–Crippen MR) is 111 cm³/mol. The van der Waals surface area contributed by atoms with E-state index in [0.717, 1.165) is 18.9 Å². The van der Waals surface area contributed by atoms with Gasteiger partial charge in [0.1, 0.15) is 8.07 Å². The van der Waals surface area contributed by atoms with Crippen LogP contribution in [0.1, 0.15) is 33.6 Å². The Hall–Kier alpha value is -1.87. The number of hydrogen-bond acceptors (Lipinski definition) is 2. The predicted octanol–water partition coefficient (Wildman–Crippen LogP) is 4.25. The molecule has 26 heavy (non-hydrogen) atoms. The molecule has 0 aromatic heterocycles. The van der Waals surface area contributed by atoms with E-state index in [9.17, 15) is 4.79 Å². The van der Waals surface area contributed by atoms with Crippen molar-refractivity contribution >= 4 is 24.4 Å². The Morgan fingerprint density at radius 1 is 0.962 bits per heavy atom. The molecular formula is C23H30O2Si. The molecule has 0 bridgehead atoms. The number of benzene rings is 2. The number of ether oxygens (including phenoxy) is 1. The minimum atomic E-state index is -2.09. The summed E-state index contributed by atoms with van der Waals surface area (Å²) in [7, 11) is -0.576. The Labute approximate surface area is 158 Å². The fourth-order valence-corrected chi connectivity index (χ4v) is 10.6. The maximum absolute atomic E-state index is 12.2. The first-order valence-electron chi connectivity index (χ1n) is 9.59. The molecule has 1 aliphatic carbocycles. The average molecular weight is 367 g/mol. The largest absolute Gasteiger partial charge is 0.469 e. The Morgan fingerprint density at radius 2 is 1.46 bits per heavy atom. The van der Waals surface area contributed by atoms with Crippen LogP contribution in [0.15, 0.2) is 60.7 Å². The van der Waals surface area contributed by atoms with E-state index in [0.29, 0.717) is 5.92 Å². The highest BCUT2D eigenvalue weighted by atomic mass is 28.3. The number of esters is 1. The summed E-state index contributed by atoms with van der Waals surface area (Å²) in [5, 5.41) is 3.08. The Balaban J connectivity index is 2.11. The normalized spacial score (nSPS) is 20.3. The standard InChI is InChI=1S/C23H30O2Si/c1-23(2,3)26(19-11-7-5-8-12-19,20-13-9-6-10-14-20)17-18-15-16-21(18)22(24)25-4/h5-14,18,21H,15-17H2,1-4H3/t18-,21-/m1/s1. The van der Waals surface area contributed by atoms with Crippen LogP contribution < -0.4 is 10.4 Å². The lowest BCUT2D eigenvalue weighted by Gasteiger charge is -2.49. The van der Waals surface area contributed by atoms with Gasteiger partial charge in [0, 0.05) is 0 Å². The molecule has 2 aromatic rings. The molecule has 1 fully saturated rings. The van der Waals surface area contributed by atoms with Crippen LogP contribution in [0.2, 0.25) is 11.1 Å². The van der Waals surface area contributed by atoms with Gasteiger partial charge in [0.15, 0.2) is 0 Å². The molecule has 0 radical (unpaired) electrons. The highest BCUT2D eigenvalue weighted by molar-refractivity contribution is 7.04. The number of methoxy groups -OCH3 is 1. The van der Waals surface area contributed by atoms with Crippen molar-refractivity contribution in [3.63, 3.8) is 0 Å². The van der Waals surface area contributed by atoms with Crippen molar-refractivity contribution in [3.8, 4) is 0 Å². The van der Waals surface area contributed by atoms with Crippen molar-refractivity contribution in [2.45, 2.75) is 44.7 Å². The molecule has 0 aliphatic heterocycles. The minimum Gasteiger partial charge on any atom is -0.469 e. The third-order valence-corrected chi connectivity index (χ3v) is 12.6. The van der Waals surface area contributed by atoms with Crippen LogP contribution in [0.5, 0.6) is 0 Å². The molecule has 2 atom stereocenters. The number of carbonyl (C=O) groups is 1. The monoisotopic (exact) mass is 366 g/mol. The lowest BCUT2D eigenvalue weighted by atomic mass is 9.75. The van der Waals surface area contributed by atoms with Gasteiger partial charge < -0.3 is 4.74 Å². The van der Waals surface area contributed by atoms with E-state index in [1.165, 1.54) is 17.5 Å². The Morgan fingerprint density at radius 3 is 1.81 bits per heavy atom. The summed E-state index contributed by atoms with van der Waals surface area (Å²) >= 11 is 0. The highest BCUT2D eigenvalue weighted by Crippen LogP contribution is 2.47. The molecule has 0 heterocycles. The molecule has 0 saturated heterocycles. The quantitative estimate of drug-likeness (QED) is 0.584. The zero-order valence-corrected chi connectivity index (χ0v) is 17.4. The van der Waals surface area contributed by atoms with Crippen molar-refractivity contribution in [3.05, 3.63) is 60.7 Å². The minimum absolute atomic E-state index is 0.0285. The van der Waals surface area contributed by atoms with Gasteiger partial charge in [0.25, 0.3) is 0 Å². The van der Waals surface area contributed by atoms with Crippen LogP contribution in [0, 0.1) is 11.8 Å². The fraction of sp³-hybridized carbons (Fsp3) is 0.435. The number of rotatable bonds is 5. The first-order valence-corrected chi connectivity index (χ1v) is 11.8. The first-order chi connectivity index (χ1) is 12.4. The van der Waals surface area contributed by atoms with Gasteiger partial charge in [-0.05, 0) is 29.8 Å². The van der Waals surface area contributed by atoms with Crippen molar-refractivity contribution in [1.29, 1.82) is 0 Å². The van der Waals surface area contributed by atoms with E-state index >= 15 is 0 Å². The second kappa shape index (κ2) is 7.40. The summed E-state index contributed by atoms with van der Waals surface area (Å²) in [6, 6.07) is 23.1. The summed E-state index contributed by atoms with van der Waals surface area (Å²) in [4.78, 5) is 12.2. The van der Waals surface area contributed by atoms with E-state index < -0.39 is 8.07 Å². The average Bonchev–Trinajstić information content (AvgIpc) is 2.62. The van der Waals surface area contributed by atoms with Crippen molar-refractivity contribution in [2.75, 3.05) is 7.11 Å². The Kier molecular flexibility index (Phi) is 5.38. The van der Waals surface area contributed by atoms with Crippen LogP contribution in [0.25, 0.3) is 0 Å². The van der Waals surface area contributed by atoms with Crippen molar-refractivity contribution < 1.29 is 9.53 Å². The van der Waals surface area contributed by atoms with E-state index in [2.05, 4.69) is 81.4 Å². The first kappa shape index (κ1) is 18.9. The van der Waals surface area contributed by atoms with Gasteiger partial charge in [0.05, 0.1) is 13.0 Å². The SMILES string of the molecule is COC(=O)[C@@H]1CC[C@@H]1C[Si](c1ccccc1)(c1ccccc1)C(C)(C)C. The molecule has 2 aromatic carbocycles. The molecule has 0 amide bonds. The molecule has 1 aliphatic rings. The number of hydrogen-bond donors (Lipinski definition) is 0. The van der Waals surface area contributed by atoms with E-state index in [-0.39, 0.29) is 16.9 Å². The zero-order valence-electron chi connectivity index (χ0n) is 16.4. The lowest BCUT2D eigenvalue weighted by molar-refractivity contribution is -0.151. The third-order valence-electron chi connectivity index (χ3n) is 6.30. The van der Waals surface area contributed by atoms with Gasteiger partial charge >= 0.3 is 5.97 Å². The molecule has 0 N–H and O–H groups in total. The summed E-state index contributed by atoms with van der Waals surface area (Å²) in [6.45, 7) is 7.14. The summed E-state index contributed by atoms with van der Waals surface area (Å²) in [5.41, 5.74) is 0. The smallest absolute Gasteiger partial charge is 0.308 e. The van der Waals surface area contributed by atoms with Gasteiger partial charge in [-0.1, -0.05) is 91.8 Å². The molecule has 0 unspecified atom stereocenters. The number of carbonyl (C=O) groups excluding carboxylic acids is 1. The van der Waals surface area contributed by atoms with Crippen LogP contribution in [-0.2, 0) is 9.53 Å². The van der Waals surface area contributed by atoms with Crippen molar-refractivity contribution in [2.24, 2.45) is 11.8 Å². The Bertz CT molecular complexity index is 694. The lowest BCUT2D eigenvalue weighted by Crippen LogP contribution is -2.65. The van der Waals surface area contributed by atoms with Crippen LogP contribution in [0.3, 0.4) is 0 Å². The molecule has 1 saturated carbocycles. The topological polar surface area (TPSA) is 26.3 Å². The van der Waals surface area contributed by atoms with E-state index in [1.54, 1.807) is 0 Å². The molecule has 138 valence electrons. The summed E-state index contributed by atoms with van der Waals surface area (Å²) in [6.07, 6.45) is 2.10. The van der Waals surface area contributed by atoms with E-state index in [1.807, 2.05) is 0 Å². The van der Waals surface area contributed by atoms with Gasteiger partial charge in [-0.15, -0.1) is 0 Å². The van der Waals surface area contributed by atoms with Gasteiger partial charge in [-0.25, -0.2) is 0 Å². The second-order valence-electron chi connectivity index (χ2n) is 8.56. The van der Waals surface area contributed by atoms with E-state index in [4.69, 9.17) is 4.74 Å². The maximum atomic E-state index is 12.2. The second-order valence-corrected chi connectivity index (χ2v) is 13.4. The molecule has 0 spiro atoms. The van der Waals surface area contributed by atoms with Gasteiger partial charge in [-0.2, -0.15) is 0 Å². The summed E-state index contributed by atoms with van der Waals surface area (Å²) < 4.78 is 5.07. The molecular weight excluding hydrogens is 336 g/mol. The molecule has 2 nitrogen and oxygen atoms in total. The molecule has 3 heteroatoms. The van der Waals surface area contributed by atoms with Gasteiger partial charge in [-0.3, -0.25) is 4.79 Å². The highest BCUT2D eigenvalue weighted by Gasteiger charge is 2.52. The maximum Gasteiger partial charge on any atom is 0.308 e. The summed E-state index contributed by atoms with van der Waals surface area (Å²) in [5.74, 6) is 0.467. The van der Waals surface area contributed by atoms with Crippen LogP contribution in [-0.4, -0.2) is 21.2 Å².